The van der Waals surface area contributed by atoms with E-state index in [2.05, 4.69) is 23.3 Å². The van der Waals surface area contributed by atoms with Gasteiger partial charge in [0.05, 0.1) is 18.6 Å². The van der Waals surface area contributed by atoms with Gasteiger partial charge in [0.15, 0.2) is 0 Å². The molecular formula is C26H53NO7S. The molecule has 0 bridgehead atoms. The number of aliphatic hydroxyl groups excluding tert-OH is 2. The third-order valence-corrected chi connectivity index (χ3v) is 6.55. The lowest BCUT2D eigenvalue weighted by atomic mass is 9.76. The molecule has 35 heavy (non-hydrogen) atoms. The Labute approximate surface area is 214 Å². The molecule has 0 rings (SSSR count). The number of rotatable bonds is 22. The summed E-state index contributed by atoms with van der Waals surface area (Å²) in [6.45, 7) is 6.28. The second-order valence-corrected chi connectivity index (χ2v) is 10.1. The molecule has 0 aliphatic heterocycles. The van der Waals surface area contributed by atoms with Crippen molar-refractivity contribution < 1.29 is 37.5 Å². The molecule has 0 heterocycles. The van der Waals surface area contributed by atoms with Crippen LogP contribution < -0.4 is 5.32 Å². The molecule has 9 heteroatoms. The lowest BCUT2D eigenvalue weighted by Crippen LogP contribution is -2.90. The third kappa shape index (κ3) is 23.3. The number of carbonyl (C=O) groups is 1. The summed E-state index contributed by atoms with van der Waals surface area (Å²) in [6, 6.07) is 0. The summed E-state index contributed by atoms with van der Waals surface area (Å²) in [5.74, 6) is 0.107. The predicted octanol–water partition coefficient (Wildman–Crippen LogP) is 3.98. The average Bonchev–Trinajstić information content (AvgIpc) is 2.79. The quantitative estimate of drug-likeness (QED) is 0.0843. The van der Waals surface area contributed by atoms with Gasteiger partial charge in [0.25, 0.3) is 0 Å². The van der Waals surface area contributed by atoms with Crippen LogP contribution in [0, 0.1) is 5.41 Å². The van der Waals surface area contributed by atoms with Crippen LogP contribution in [-0.4, -0.2) is 55.5 Å². The van der Waals surface area contributed by atoms with Crippen molar-refractivity contribution in [3.63, 3.8) is 0 Å². The third-order valence-electron chi connectivity index (χ3n) is 6.02. The number of unbranched alkanes of at least 4 members (excludes halogenated alkanes) is 10. The molecule has 0 aliphatic rings. The Hall–Kier alpha value is -0.840. The molecule has 0 aromatic heterocycles. The maximum absolute atomic E-state index is 12.5. The molecular weight excluding hydrogens is 470 g/mol. The van der Waals surface area contributed by atoms with Crippen molar-refractivity contribution in [2.24, 2.45) is 5.41 Å². The Kier molecular flexibility index (Phi) is 25.8. The Morgan fingerprint density at radius 2 is 1.31 bits per heavy atom. The zero-order chi connectivity index (χ0) is 26.8. The van der Waals surface area contributed by atoms with Crippen LogP contribution in [0.4, 0.5) is 0 Å². The van der Waals surface area contributed by atoms with Crippen molar-refractivity contribution in [3.8, 4) is 0 Å². The molecule has 0 fully saturated rings. The molecule has 0 saturated heterocycles. The molecule has 0 atom stereocenters. The highest BCUT2D eigenvalue weighted by Crippen LogP contribution is 2.32. The summed E-state index contributed by atoms with van der Waals surface area (Å²) >= 11 is 0. The molecule has 0 aromatic rings. The van der Waals surface area contributed by atoms with Gasteiger partial charge in [0.2, 0.25) is 10.4 Å². The van der Waals surface area contributed by atoms with Crippen molar-refractivity contribution in [1.82, 2.24) is 0 Å². The lowest BCUT2D eigenvalue weighted by Gasteiger charge is -2.28. The second-order valence-electron chi connectivity index (χ2n) is 9.00. The van der Waals surface area contributed by atoms with Crippen LogP contribution in [0.15, 0.2) is 12.2 Å². The van der Waals surface area contributed by atoms with Crippen LogP contribution in [0.5, 0.6) is 0 Å². The Balaban J connectivity index is 0. The monoisotopic (exact) mass is 523 g/mol. The highest BCUT2D eigenvalue weighted by atomic mass is 32.3. The number of quaternary nitrogens is 1. The summed E-state index contributed by atoms with van der Waals surface area (Å²) in [4.78, 5) is 12.5. The Bertz CT molecular complexity index is 603. The number of hydrogen-bond acceptors (Lipinski definition) is 7. The maximum Gasteiger partial charge on any atom is 0.316 e. The van der Waals surface area contributed by atoms with Crippen molar-refractivity contribution >= 4 is 16.3 Å². The molecule has 0 spiro atoms. The van der Waals surface area contributed by atoms with Gasteiger partial charge in [-0.3, -0.25) is 9.50 Å². The van der Waals surface area contributed by atoms with Gasteiger partial charge in [0.1, 0.15) is 0 Å². The number of hydrogen-bond donors (Lipinski definition) is 3. The fraction of sp³-hybridized carbons (Fsp3) is 0.885. The minimum Gasteiger partial charge on any atom is -0.726 e. The summed E-state index contributed by atoms with van der Waals surface area (Å²) < 4.78 is 32.0. The fourth-order valence-electron chi connectivity index (χ4n) is 4.08. The van der Waals surface area contributed by atoms with Crippen LogP contribution in [0.3, 0.4) is 0 Å². The molecule has 0 saturated carbocycles. The van der Waals surface area contributed by atoms with Crippen LogP contribution in [0.1, 0.15) is 117 Å². The number of aliphatic hydroxyl groups is 2. The van der Waals surface area contributed by atoms with E-state index in [0.29, 0.717) is 19.4 Å². The first-order valence-corrected chi connectivity index (χ1v) is 14.9. The van der Waals surface area contributed by atoms with Gasteiger partial charge in [-0.05, 0) is 58.8 Å². The predicted molar refractivity (Wildman–Crippen MR) is 139 cm³/mol. The van der Waals surface area contributed by atoms with E-state index in [1.54, 1.807) is 5.32 Å². The van der Waals surface area contributed by atoms with E-state index in [0.717, 1.165) is 25.7 Å². The highest BCUT2D eigenvalue weighted by Gasteiger charge is 2.39. The van der Waals surface area contributed by atoms with Crippen molar-refractivity contribution in [1.29, 1.82) is 0 Å². The molecule has 0 aliphatic carbocycles. The summed E-state index contributed by atoms with van der Waals surface area (Å²) in [5.41, 5.74) is -0.559. The fourth-order valence-corrected chi connectivity index (χ4v) is 4.36. The zero-order valence-corrected chi connectivity index (χ0v) is 23.3. The van der Waals surface area contributed by atoms with Gasteiger partial charge in [-0.2, -0.15) is 0 Å². The van der Waals surface area contributed by atoms with E-state index in [1.165, 1.54) is 64.7 Å². The molecule has 0 aromatic carbocycles. The van der Waals surface area contributed by atoms with Gasteiger partial charge in [0, 0.05) is 13.2 Å². The number of carbonyl (C=O) groups excluding carboxylic acids is 1. The van der Waals surface area contributed by atoms with Crippen LogP contribution in [0.25, 0.3) is 0 Å². The topological polar surface area (TPSA) is 141 Å². The first kappa shape index (κ1) is 36.3. The molecule has 0 radical (unpaired) electrons. The van der Waals surface area contributed by atoms with Gasteiger partial charge in [-0.25, -0.2) is 13.2 Å². The van der Waals surface area contributed by atoms with E-state index in [-0.39, 0.29) is 25.7 Å². The van der Waals surface area contributed by atoms with E-state index < -0.39 is 15.8 Å². The molecule has 4 N–H and O–H groups in total. The van der Waals surface area contributed by atoms with Gasteiger partial charge < -0.3 is 14.8 Å². The second kappa shape index (κ2) is 24.8. The van der Waals surface area contributed by atoms with Crippen LogP contribution in [-0.2, 0) is 19.4 Å². The highest BCUT2D eigenvalue weighted by molar-refractivity contribution is 7.80. The maximum atomic E-state index is 12.5. The normalized spacial score (nSPS) is 12.1. The zero-order valence-electron chi connectivity index (χ0n) is 22.5. The van der Waals surface area contributed by atoms with Crippen molar-refractivity contribution in [2.45, 2.75) is 117 Å². The van der Waals surface area contributed by atoms with Crippen molar-refractivity contribution in [3.05, 3.63) is 12.2 Å². The first-order chi connectivity index (χ1) is 16.7. The van der Waals surface area contributed by atoms with Gasteiger partial charge in [-0.1, -0.05) is 70.4 Å². The summed E-state index contributed by atoms with van der Waals surface area (Å²) in [7, 11) is -4.42. The lowest BCUT2D eigenvalue weighted by molar-refractivity contribution is -0.572. The standard InChI is InChI=1S/C24H47NO3.C2H6O4S/c1-3-5-6-7-8-9-10-11-12-13-14-15-16-17-18-24(19-21-26,20-22-27)23(28)25-4-2;1-2-6-7(3,4)5/h11-12,26-27H,3-10,13-22H2,1-2H3,(H,25,28);2H2,1H3,(H,3,4,5)/b12-11-;. The molecule has 8 nitrogen and oxygen atoms in total. The SMILES string of the molecule is CCCCCCCC/C=C\CCCCCCC(CCO)(CCO)C(=O)[NH2+]CC.CCOS(=O)(=O)[O-]. The van der Waals surface area contributed by atoms with Crippen molar-refractivity contribution in [2.75, 3.05) is 26.4 Å². The van der Waals surface area contributed by atoms with E-state index in [1.807, 2.05) is 6.92 Å². The number of primary amides is 1. The Morgan fingerprint density at radius 1 is 0.829 bits per heavy atom. The average molecular weight is 524 g/mol. The van der Waals surface area contributed by atoms with Crippen LogP contribution in [0.2, 0.25) is 0 Å². The van der Waals surface area contributed by atoms with Crippen LogP contribution >= 0.6 is 0 Å². The van der Waals surface area contributed by atoms with E-state index in [4.69, 9.17) is 0 Å². The number of allylic oxidation sites excluding steroid dienone is 2. The van der Waals surface area contributed by atoms with Gasteiger partial charge >= 0.3 is 5.91 Å². The van der Waals surface area contributed by atoms with Gasteiger partial charge in [-0.15, -0.1) is 0 Å². The van der Waals surface area contributed by atoms with E-state index in [9.17, 15) is 28.0 Å². The first-order valence-electron chi connectivity index (χ1n) is 13.6. The van der Waals surface area contributed by atoms with E-state index >= 15 is 0 Å². The number of nitrogens with two attached hydrogens (primary N) is 1. The summed E-state index contributed by atoms with van der Waals surface area (Å²) in [5, 5.41) is 20.5. The Morgan fingerprint density at radius 3 is 1.71 bits per heavy atom. The number of amides is 1. The smallest absolute Gasteiger partial charge is 0.316 e. The molecule has 0 unspecified atom stereocenters. The summed E-state index contributed by atoms with van der Waals surface area (Å²) in [6.07, 6.45) is 21.4. The molecule has 210 valence electrons. The minimum absolute atomic E-state index is 0.00664. The largest absolute Gasteiger partial charge is 0.726 e. The molecule has 1 amide bonds. The minimum atomic E-state index is -4.42.